The number of rotatable bonds is 5. The number of pyridine rings is 2. The van der Waals surface area contributed by atoms with Crippen LogP contribution in [0.1, 0.15) is 30.4 Å². The molecule has 0 radical (unpaired) electrons. The summed E-state index contributed by atoms with van der Waals surface area (Å²) in [6.07, 6.45) is 9.11. The largest absolute Gasteiger partial charge is 0.367 e. The molecule has 0 spiro atoms. The zero-order valence-corrected chi connectivity index (χ0v) is 16.3. The fraction of sp³-hybridized carbons (Fsp3) is 0.429. The maximum Gasteiger partial charge on any atom is 0.320 e. The molecule has 8 heteroatoms. The minimum Gasteiger partial charge on any atom is -0.367 e. The van der Waals surface area contributed by atoms with Crippen molar-refractivity contribution in [2.24, 2.45) is 5.73 Å². The van der Waals surface area contributed by atoms with E-state index in [1.165, 1.54) is 4.90 Å². The van der Waals surface area contributed by atoms with Gasteiger partial charge in [0.25, 0.3) is 0 Å². The number of hydrogen-bond donors (Lipinski definition) is 1. The fourth-order valence-electron chi connectivity index (χ4n) is 3.87. The first-order chi connectivity index (χ1) is 14.1. The molecular formula is C21H25N5O3. The number of likely N-dealkylation sites (tertiary alicyclic amines) is 1. The van der Waals surface area contributed by atoms with Crippen molar-refractivity contribution in [1.82, 2.24) is 14.9 Å². The summed E-state index contributed by atoms with van der Waals surface area (Å²) in [5, 5.41) is 0. The molecule has 1 saturated heterocycles. The van der Waals surface area contributed by atoms with E-state index in [-0.39, 0.29) is 12.5 Å². The number of anilines is 1. The van der Waals surface area contributed by atoms with E-state index in [0.717, 1.165) is 61.0 Å². The normalized spacial score (nSPS) is 16.0. The van der Waals surface area contributed by atoms with E-state index < -0.39 is 6.03 Å². The van der Waals surface area contributed by atoms with Crippen molar-refractivity contribution < 1.29 is 14.3 Å². The second-order valence-corrected chi connectivity index (χ2v) is 7.46. The summed E-state index contributed by atoms with van der Waals surface area (Å²) >= 11 is 0. The number of nitrogens with zero attached hydrogens (tertiary/aromatic N) is 4. The van der Waals surface area contributed by atoms with Gasteiger partial charge < -0.3 is 15.4 Å². The topological polar surface area (TPSA) is 102 Å². The molecule has 0 aliphatic carbocycles. The van der Waals surface area contributed by atoms with Crippen LogP contribution in [0.5, 0.6) is 0 Å². The first-order valence-corrected chi connectivity index (χ1v) is 9.97. The molecule has 4 rings (SSSR count). The van der Waals surface area contributed by atoms with Crippen LogP contribution in [-0.4, -0.2) is 53.0 Å². The van der Waals surface area contributed by atoms with Crippen LogP contribution in [0.4, 0.5) is 10.6 Å². The number of amides is 3. The lowest BCUT2D eigenvalue weighted by Crippen LogP contribution is -2.40. The first-order valence-electron chi connectivity index (χ1n) is 9.97. The van der Waals surface area contributed by atoms with Gasteiger partial charge in [-0.2, -0.15) is 0 Å². The van der Waals surface area contributed by atoms with Gasteiger partial charge in [0.15, 0.2) is 0 Å². The summed E-state index contributed by atoms with van der Waals surface area (Å²) in [7, 11) is 0. The van der Waals surface area contributed by atoms with Gasteiger partial charge in [0.05, 0.1) is 6.61 Å². The summed E-state index contributed by atoms with van der Waals surface area (Å²) in [4.78, 5) is 35.8. The molecule has 2 aromatic heterocycles. The molecule has 1 fully saturated rings. The highest BCUT2D eigenvalue weighted by molar-refractivity contribution is 5.91. The van der Waals surface area contributed by atoms with Crippen molar-refractivity contribution in [3.8, 4) is 11.1 Å². The number of aromatic nitrogens is 2. The summed E-state index contributed by atoms with van der Waals surface area (Å²) < 4.78 is 5.61. The Bertz CT molecular complexity index is 911. The van der Waals surface area contributed by atoms with Crippen LogP contribution in [0.3, 0.4) is 0 Å². The molecule has 3 amide bonds. The second kappa shape index (κ2) is 8.57. The van der Waals surface area contributed by atoms with Crippen LogP contribution in [0.15, 0.2) is 30.7 Å². The number of urea groups is 1. The van der Waals surface area contributed by atoms with Gasteiger partial charge in [-0.15, -0.1) is 0 Å². The Labute approximate surface area is 169 Å². The summed E-state index contributed by atoms with van der Waals surface area (Å²) in [6, 6.07) is 3.55. The molecule has 0 aromatic carbocycles. The van der Waals surface area contributed by atoms with Gasteiger partial charge in [0.1, 0.15) is 12.4 Å². The first kappa shape index (κ1) is 19.3. The maximum absolute atomic E-state index is 12.1. The molecular weight excluding hydrogens is 370 g/mol. The summed E-state index contributed by atoms with van der Waals surface area (Å²) in [6.45, 7) is 2.68. The van der Waals surface area contributed by atoms with Crippen LogP contribution in [0.25, 0.3) is 11.1 Å². The average Bonchev–Trinajstić information content (AvgIpc) is 3.28. The lowest BCUT2D eigenvalue weighted by molar-refractivity contribution is -0.135. The molecule has 0 bridgehead atoms. The number of aryl methyl sites for hydroxylation is 1. The number of fused-ring (bicyclic) bond motifs is 1. The minimum absolute atomic E-state index is 0.0458. The third-order valence-corrected chi connectivity index (χ3v) is 5.37. The number of hydrogen-bond acceptors (Lipinski definition) is 5. The van der Waals surface area contributed by atoms with Crippen LogP contribution in [0, 0.1) is 0 Å². The Hall–Kier alpha value is -3.00. The number of ether oxygens (including phenoxy) is 1. The third kappa shape index (κ3) is 4.37. The molecule has 2 N–H and O–H groups in total. The van der Waals surface area contributed by atoms with E-state index >= 15 is 0 Å². The monoisotopic (exact) mass is 395 g/mol. The minimum atomic E-state index is -0.476. The predicted molar refractivity (Wildman–Crippen MR) is 108 cm³/mol. The molecule has 0 atom stereocenters. The van der Waals surface area contributed by atoms with Crippen LogP contribution in [0.2, 0.25) is 0 Å². The molecule has 2 aliphatic rings. The van der Waals surface area contributed by atoms with Gasteiger partial charge in [0, 0.05) is 49.4 Å². The van der Waals surface area contributed by atoms with Crippen LogP contribution < -0.4 is 10.6 Å². The van der Waals surface area contributed by atoms with E-state index in [2.05, 4.69) is 9.97 Å². The number of nitrogens with two attached hydrogens (primary N) is 1. The van der Waals surface area contributed by atoms with Crippen molar-refractivity contribution >= 4 is 17.8 Å². The van der Waals surface area contributed by atoms with Gasteiger partial charge in [-0.1, -0.05) is 0 Å². The van der Waals surface area contributed by atoms with Gasteiger partial charge in [-0.05, 0) is 48.9 Å². The van der Waals surface area contributed by atoms with E-state index in [0.29, 0.717) is 19.0 Å². The lowest BCUT2D eigenvalue weighted by atomic mass is 10.0. The van der Waals surface area contributed by atoms with Crippen molar-refractivity contribution in [2.45, 2.75) is 32.3 Å². The van der Waals surface area contributed by atoms with Crippen molar-refractivity contribution in [3.05, 3.63) is 41.9 Å². The maximum atomic E-state index is 12.1. The second-order valence-electron chi connectivity index (χ2n) is 7.46. The van der Waals surface area contributed by atoms with Crippen LogP contribution in [-0.2, 0) is 22.6 Å². The highest BCUT2D eigenvalue weighted by Crippen LogP contribution is 2.29. The predicted octanol–water partition coefficient (Wildman–Crippen LogP) is 2.11. The van der Waals surface area contributed by atoms with Crippen LogP contribution >= 0.6 is 0 Å². The quantitative estimate of drug-likeness (QED) is 0.835. The number of carbonyl (C=O) groups is 2. The lowest BCUT2D eigenvalue weighted by Gasteiger charge is -2.26. The third-order valence-electron chi connectivity index (χ3n) is 5.37. The molecule has 2 aromatic rings. The highest BCUT2D eigenvalue weighted by atomic mass is 16.5. The Balaban J connectivity index is 1.43. The molecule has 4 heterocycles. The Morgan fingerprint density at radius 3 is 2.62 bits per heavy atom. The molecule has 8 nitrogen and oxygen atoms in total. The van der Waals surface area contributed by atoms with E-state index in [9.17, 15) is 9.59 Å². The summed E-state index contributed by atoms with van der Waals surface area (Å²) in [5.41, 5.74) is 9.20. The van der Waals surface area contributed by atoms with Crippen molar-refractivity contribution in [2.75, 3.05) is 31.1 Å². The molecule has 0 saturated carbocycles. The van der Waals surface area contributed by atoms with Gasteiger partial charge in [-0.3, -0.25) is 14.7 Å². The SMILES string of the molecule is NC(=O)N1CCCc2cc(-c3cncc(COCC(=O)N4CCCC4)c3)cnc21. The Morgan fingerprint density at radius 1 is 1.03 bits per heavy atom. The average molecular weight is 395 g/mol. The smallest absolute Gasteiger partial charge is 0.320 e. The van der Waals surface area contributed by atoms with Gasteiger partial charge in [-0.25, -0.2) is 9.78 Å². The van der Waals surface area contributed by atoms with Gasteiger partial charge in [0.2, 0.25) is 5.91 Å². The summed E-state index contributed by atoms with van der Waals surface area (Å²) in [5.74, 6) is 0.685. The van der Waals surface area contributed by atoms with E-state index in [4.69, 9.17) is 10.5 Å². The standard InChI is InChI=1S/C21H25N5O3/c22-21(28)26-7-3-4-16-9-18(12-24-20(16)26)17-8-15(10-23-11-17)13-29-14-19(27)25-5-1-2-6-25/h8-12H,1-7,13-14H2,(H2,22,28). The Kier molecular flexibility index (Phi) is 5.71. The number of primary amides is 1. The van der Waals surface area contributed by atoms with Gasteiger partial charge >= 0.3 is 6.03 Å². The fourth-order valence-corrected chi connectivity index (χ4v) is 3.87. The molecule has 29 heavy (non-hydrogen) atoms. The van der Waals surface area contributed by atoms with E-state index in [1.54, 1.807) is 18.6 Å². The van der Waals surface area contributed by atoms with Crippen molar-refractivity contribution in [1.29, 1.82) is 0 Å². The highest BCUT2D eigenvalue weighted by Gasteiger charge is 2.22. The molecule has 0 unspecified atom stereocenters. The molecule has 2 aliphatic heterocycles. The Morgan fingerprint density at radius 2 is 1.83 bits per heavy atom. The number of carbonyl (C=O) groups excluding carboxylic acids is 2. The van der Waals surface area contributed by atoms with Crippen molar-refractivity contribution in [3.63, 3.8) is 0 Å². The van der Waals surface area contributed by atoms with E-state index in [1.807, 2.05) is 17.0 Å². The zero-order chi connectivity index (χ0) is 20.2. The zero-order valence-electron chi connectivity index (χ0n) is 16.3. The molecule has 152 valence electrons.